The molecule has 10 nitrogen and oxygen atoms in total. The number of anilines is 2. The van der Waals surface area contributed by atoms with Crippen LogP contribution in [0.4, 0.5) is 11.4 Å². The minimum absolute atomic E-state index is 0.0112. The van der Waals surface area contributed by atoms with E-state index in [4.69, 9.17) is 14.2 Å². The molecular weight excluding hydrogens is 606 g/mol. The Morgan fingerprint density at radius 2 is 1.43 bits per heavy atom. The van der Waals surface area contributed by atoms with E-state index in [1.54, 1.807) is 110 Å². The third-order valence-electron chi connectivity index (χ3n) is 6.63. The standard InChI is InChI=1S/C35H33N3O7S/c1-22(32(39)37-28-13-9-8-12-27(28)35(42)45-4)46-26-17-15-25(16-18-26)36-34(41)29(38-33(40)24-10-6-5-7-11-24)20-23-14-19-30(43-2)31(21-23)44-3/h5-22H,1-4H3,(H,36,41)(H,37,39)(H,38,40)/b29-20-. The highest BCUT2D eigenvalue weighted by molar-refractivity contribution is 8.00. The number of rotatable bonds is 12. The zero-order valence-electron chi connectivity index (χ0n) is 25.7. The van der Waals surface area contributed by atoms with Gasteiger partial charge in [0, 0.05) is 16.1 Å². The first kappa shape index (κ1) is 33.3. The molecule has 11 heteroatoms. The van der Waals surface area contributed by atoms with Crippen LogP contribution in [0.2, 0.25) is 0 Å². The molecule has 3 N–H and O–H groups in total. The van der Waals surface area contributed by atoms with E-state index < -0.39 is 23.0 Å². The molecule has 0 aliphatic carbocycles. The number of para-hydroxylation sites is 1. The van der Waals surface area contributed by atoms with Crippen LogP contribution < -0.4 is 25.4 Å². The Labute approximate surface area is 271 Å². The van der Waals surface area contributed by atoms with E-state index in [0.29, 0.717) is 34.0 Å². The smallest absolute Gasteiger partial charge is 0.339 e. The second-order valence-corrected chi connectivity index (χ2v) is 11.2. The monoisotopic (exact) mass is 639 g/mol. The van der Waals surface area contributed by atoms with E-state index in [9.17, 15) is 19.2 Å². The number of carbonyl (C=O) groups excluding carboxylic acids is 4. The molecule has 0 radical (unpaired) electrons. The fraction of sp³-hybridized carbons (Fsp3) is 0.143. The summed E-state index contributed by atoms with van der Waals surface area (Å²) in [7, 11) is 4.31. The van der Waals surface area contributed by atoms with Crippen molar-refractivity contribution in [3.63, 3.8) is 0 Å². The third kappa shape index (κ3) is 8.76. The van der Waals surface area contributed by atoms with Crippen molar-refractivity contribution in [2.75, 3.05) is 32.0 Å². The lowest BCUT2D eigenvalue weighted by Crippen LogP contribution is -2.30. The molecule has 0 aliphatic heterocycles. The second kappa shape index (κ2) is 16.0. The van der Waals surface area contributed by atoms with Crippen molar-refractivity contribution in [1.82, 2.24) is 5.32 Å². The number of thioether (sulfide) groups is 1. The number of benzene rings is 4. The first-order valence-electron chi connectivity index (χ1n) is 14.1. The summed E-state index contributed by atoms with van der Waals surface area (Å²) >= 11 is 1.31. The van der Waals surface area contributed by atoms with Crippen molar-refractivity contribution in [1.29, 1.82) is 0 Å². The Morgan fingerprint density at radius 1 is 0.761 bits per heavy atom. The molecule has 46 heavy (non-hydrogen) atoms. The molecular formula is C35H33N3O7S. The molecule has 1 atom stereocenters. The molecule has 0 spiro atoms. The number of hydrogen-bond donors (Lipinski definition) is 3. The van der Waals surface area contributed by atoms with Gasteiger partial charge in [0.15, 0.2) is 11.5 Å². The first-order chi connectivity index (χ1) is 22.2. The average Bonchev–Trinajstić information content (AvgIpc) is 3.08. The molecule has 0 heterocycles. The molecule has 4 aromatic carbocycles. The molecule has 236 valence electrons. The van der Waals surface area contributed by atoms with Crippen LogP contribution in [-0.2, 0) is 14.3 Å². The van der Waals surface area contributed by atoms with Gasteiger partial charge in [-0.05, 0) is 79.2 Å². The van der Waals surface area contributed by atoms with Crippen molar-refractivity contribution in [3.8, 4) is 11.5 Å². The Kier molecular flexibility index (Phi) is 11.6. The lowest BCUT2D eigenvalue weighted by Gasteiger charge is -2.15. The fourth-order valence-electron chi connectivity index (χ4n) is 4.24. The molecule has 0 aliphatic rings. The van der Waals surface area contributed by atoms with Crippen molar-refractivity contribution in [3.05, 3.63) is 119 Å². The zero-order chi connectivity index (χ0) is 33.1. The van der Waals surface area contributed by atoms with Crippen molar-refractivity contribution in [2.45, 2.75) is 17.1 Å². The normalized spacial score (nSPS) is 11.5. The Bertz CT molecular complexity index is 1740. The van der Waals surface area contributed by atoms with E-state index in [0.717, 1.165) is 4.90 Å². The zero-order valence-corrected chi connectivity index (χ0v) is 26.5. The minimum atomic E-state index is -0.546. The van der Waals surface area contributed by atoms with Crippen LogP contribution >= 0.6 is 11.8 Å². The van der Waals surface area contributed by atoms with E-state index in [1.807, 2.05) is 0 Å². The third-order valence-corrected chi connectivity index (χ3v) is 7.74. The summed E-state index contributed by atoms with van der Waals surface area (Å²) in [6.45, 7) is 1.75. The average molecular weight is 640 g/mol. The molecule has 0 fully saturated rings. The summed E-state index contributed by atoms with van der Waals surface area (Å²) in [6.07, 6.45) is 1.54. The Balaban J connectivity index is 1.47. The molecule has 1 unspecified atom stereocenters. The van der Waals surface area contributed by atoms with Crippen molar-refractivity contribution >= 4 is 52.9 Å². The van der Waals surface area contributed by atoms with Gasteiger partial charge in [0.2, 0.25) is 5.91 Å². The summed E-state index contributed by atoms with van der Waals surface area (Å²) in [5.74, 6) is -0.843. The van der Waals surface area contributed by atoms with E-state index in [2.05, 4.69) is 16.0 Å². The Hall–Kier alpha value is -5.55. The Morgan fingerprint density at radius 3 is 2.11 bits per heavy atom. The minimum Gasteiger partial charge on any atom is -0.493 e. The van der Waals surface area contributed by atoms with Gasteiger partial charge in [-0.1, -0.05) is 36.4 Å². The van der Waals surface area contributed by atoms with Gasteiger partial charge in [0.05, 0.1) is 37.8 Å². The highest BCUT2D eigenvalue weighted by Crippen LogP contribution is 2.29. The number of esters is 1. The van der Waals surface area contributed by atoms with Gasteiger partial charge in [0.25, 0.3) is 11.8 Å². The van der Waals surface area contributed by atoms with E-state index in [-0.39, 0.29) is 17.2 Å². The summed E-state index contributed by atoms with van der Waals surface area (Å²) in [5.41, 5.74) is 2.10. The maximum atomic E-state index is 13.4. The predicted octanol–water partition coefficient (Wildman–Crippen LogP) is 6.02. The molecule has 0 saturated heterocycles. The highest BCUT2D eigenvalue weighted by Gasteiger charge is 2.19. The van der Waals surface area contributed by atoms with Crippen molar-refractivity contribution in [2.24, 2.45) is 0 Å². The van der Waals surface area contributed by atoms with Crippen LogP contribution in [0.25, 0.3) is 6.08 Å². The quantitative estimate of drug-likeness (QED) is 0.0975. The summed E-state index contributed by atoms with van der Waals surface area (Å²) < 4.78 is 15.5. The van der Waals surface area contributed by atoms with Crippen LogP contribution in [0.5, 0.6) is 11.5 Å². The van der Waals surface area contributed by atoms with Gasteiger partial charge in [0.1, 0.15) is 5.70 Å². The first-order valence-corrected chi connectivity index (χ1v) is 15.0. The summed E-state index contributed by atoms with van der Waals surface area (Å²) in [4.78, 5) is 52.1. The van der Waals surface area contributed by atoms with Crippen LogP contribution in [0.15, 0.2) is 108 Å². The lowest BCUT2D eigenvalue weighted by molar-refractivity contribution is -0.115. The number of carbonyl (C=O) groups is 4. The van der Waals surface area contributed by atoms with Crippen LogP contribution in [0, 0.1) is 0 Å². The number of methoxy groups -OCH3 is 3. The number of nitrogens with one attached hydrogen (secondary N) is 3. The van der Waals surface area contributed by atoms with Gasteiger partial charge < -0.3 is 30.2 Å². The molecule has 3 amide bonds. The maximum Gasteiger partial charge on any atom is 0.339 e. The topological polar surface area (TPSA) is 132 Å². The van der Waals surface area contributed by atoms with Gasteiger partial charge in [-0.25, -0.2) is 4.79 Å². The summed E-state index contributed by atoms with van der Waals surface area (Å²) in [5, 5.41) is 7.81. The highest BCUT2D eigenvalue weighted by atomic mass is 32.2. The largest absolute Gasteiger partial charge is 0.493 e. The lowest BCUT2D eigenvalue weighted by atomic mass is 10.1. The molecule has 0 bridgehead atoms. The maximum absolute atomic E-state index is 13.4. The second-order valence-electron chi connectivity index (χ2n) is 9.76. The molecule has 4 rings (SSSR count). The molecule has 4 aromatic rings. The number of hydrogen-bond acceptors (Lipinski definition) is 8. The van der Waals surface area contributed by atoms with E-state index in [1.165, 1.54) is 33.1 Å². The van der Waals surface area contributed by atoms with Crippen molar-refractivity contribution < 1.29 is 33.4 Å². The fourth-order valence-corrected chi connectivity index (χ4v) is 5.11. The van der Waals surface area contributed by atoms with Gasteiger partial charge in [-0.15, -0.1) is 11.8 Å². The number of ether oxygens (including phenoxy) is 3. The SMILES string of the molecule is COC(=O)c1ccccc1NC(=O)C(C)Sc1ccc(NC(=O)/C(=C/c2ccc(OC)c(OC)c2)NC(=O)c2ccccc2)cc1. The van der Waals surface area contributed by atoms with E-state index >= 15 is 0 Å². The number of amides is 3. The van der Waals surface area contributed by atoms with Crippen LogP contribution in [0.1, 0.15) is 33.2 Å². The van der Waals surface area contributed by atoms with Crippen LogP contribution in [-0.4, -0.2) is 50.3 Å². The predicted molar refractivity (Wildman–Crippen MR) is 178 cm³/mol. The molecule has 0 aromatic heterocycles. The van der Waals surface area contributed by atoms with Crippen LogP contribution in [0.3, 0.4) is 0 Å². The van der Waals surface area contributed by atoms with Gasteiger partial charge in [-0.2, -0.15) is 0 Å². The summed E-state index contributed by atoms with van der Waals surface area (Å²) in [6, 6.07) is 27.2. The van der Waals surface area contributed by atoms with Gasteiger partial charge in [-0.3, -0.25) is 14.4 Å². The molecule has 0 saturated carbocycles. The van der Waals surface area contributed by atoms with Gasteiger partial charge >= 0.3 is 5.97 Å².